The highest BCUT2D eigenvalue weighted by Gasteiger charge is 2.21. The summed E-state index contributed by atoms with van der Waals surface area (Å²) in [7, 11) is -0.395. The van der Waals surface area contributed by atoms with E-state index >= 15 is 0 Å². The van der Waals surface area contributed by atoms with E-state index in [1.807, 2.05) is 25.1 Å². The Labute approximate surface area is 187 Å². The summed E-state index contributed by atoms with van der Waals surface area (Å²) in [5.41, 5.74) is 4.29. The van der Waals surface area contributed by atoms with Crippen LogP contribution in [0.1, 0.15) is 17.5 Å². The number of sulfonamides is 1. The molecule has 0 bridgehead atoms. The van der Waals surface area contributed by atoms with E-state index in [9.17, 15) is 13.2 Å². The van der Waals surface area contributed by atoms with Crippen LogP contribution in [-0.4, -0.2) is 38.4 Å². The molecule has 0 unspecified atom stereocenters. The van der Waals surface area contributed by atoms with Gasteiger partial charge < -0.3 is 15.5 Å². The minimum atomic E-state index is -3.55. The predicted molar refractivity (Wildman–Crippen MR) is 124 cm³/mol. The average molecular weight is 453 g/mol. The van der Waals surface area contributed by atoms with Crippen LogP contribution in [0.2, 0.25) is 0 Å². The molecule has 2 heterocycles. The van der Waals surface area contributed by atoms with Crippen LogP contribution in [0.5, 0.6) is 0 Å². The maximum Gasteiger partial charge on any atom is 0.240 e. The molecule has 3 N–H and O–H groups in total. The molecule has 1 amide bonds. The highest BCUT2D eigenvalue weighted by Crippen LogP contribution is 2.31. The van der Waals surface area contributed by atoms with Crippen LogP contribution in [0.15, 0.2) is 53.6 Å². The number of nitrogens with one attached hydrogen (secondary N) is 3. The summed E-state index contributed by atoms with van der Waals surface area (Å²) in [5.74, 6) is 1.08. The lowest BCUT2D eigenvalue weighted by atomic mass is 10.0. The van der Waals surface area contributed by atoms with Crippen molar-refractivity contribution in [3.05, 3.63) is 59.8 Å². The molecule has 166 valence electrons. The third-order valence-electron chi connectivity index (χ3n) is 5.33. The van der Waals surface area contributed by atoms with Gasteiger partial charge in [0.15, 0.2) is 0 Å². The summed E-state index contributed by atoms with van der Waals surface area (Å²) < 4.78 is 26.4. The molecule has 32 heavy (non-hydrogen) atoms. The van der Waals surface area contributed by atoms with E-state index in [1.54, 1.807) is 30.3 Å². The highest BCUT2D eigenvalue weighted by molar-refractivity contribution is 7.89. The molecular formula is C22H24N6O3S. The molecule has 2 aromatic carbocycles. The second-order valence-corrected chi connectivity index (χ2v) is 9.39. The SMILES string of the molecule is CNS(=O)(=O)c1cccc(Nc2ncc(C)c(Nc3ccc4c(c3)CCC(=O)N4C)n2)c1. The molecule has 1 aliphatic rings. The van der Waals surface area contributed by atoms with E-state index in [-0.39, 0.29) is 10.8 Å². The Kier molecular flexibility index (Phi) is 5.81. The standard InChI is InChI=1S/C22H24N6O3S/c1-14-13-24-22(26-16-5-4-6-18(12-16)32(30,31)23-2)27-21(14)25-17-8-9-19-15(11-17)7-10-20(29)28(19)3/h4-6,8-9,11-13,23H,7,10H2,1-3H3,(H2,24,25,26,27). The van der Waals surface area contributed by atoms with Crippen molar-refractivity contribution in [3.63, 3.8) is 0 Å². The number of hydrogen-bond acceptors (Lipinski definition) is 7. The van der Waals surface area contributed by atoms with Gasteiger partial charge in [0, 0.05) is 42.3 Å². The molecule has 0 saturated carbocycles. The van der Waals surface area contributed by atoms with Crippen LogP contribution in [-0.2, 0) is 21.2 Å². The Bertz CT molecular complexity index is 1290. The van der Waals surface area contributed by atoms with E-state index in [0.717, 1.165) is 22.5 Å². The van der Waals surface area contributed by atoms with Gasteiger partial charge in [-0.05, 0) is 62.4 Å². The number of anilines is 5. The number of carbonyl (C=O) groups excluding carboxylic acids is 1. The number of rotatable bonds is 6. The summed E-state index contributed by atoms with van der Waals surface area (Å²) in [6.45, 7) is 1.90. The third-order valence-corrected chi connectivity index (χ3v) is 6.74. The largest absolute Gasteiger partial charge is 0.340 e. The fourth-order valence-corrected chi connectivity index (χ4v) is 4.26. The number of amides is 1. The van der Waals surface area contributed by atoms with Crippen molar-refractivity contribution in [1.82, 2.24) is 14.7 Å². The molecule has 9 nitrogen and oxygen atoms in total. The minimum Gasteiger partial charge on any atom is -0.340 e. The van der Waals surface area contributed by atoms with Gasteiger partial charge in [-0.25, -0.2) is 18.1 Å². The highest BCUT2D eigenvalue weighted by atomic mass is 32.2. The first-order valence-electron chi connectivity index (χ1n) is 10.1. The summed E-state index contributed by atoms with van der Waals surface area (Å²) in [4.78, 5) is 22.6. The zero-order valence-corrected chi connectivity index (χ0v) is 18.8. The van der Waals surface area contributed by atoms with Gasteiger partial charge in [-0.2, -0.15) is 4.98 Å². The van der Waals surface area contributed by atoms with E-state index < -0.39 is 10.0 Å². The lowest BCUT2D eigenvalue weighted by Gasteiger charge is -2.26. The third kappa shape index (κ3) is 4.41. The summed E-state index contributed by atoms with van der Waals surface area (Å²) in [6.07, 6.45) is 2.89. The normalized spacial score (nSPS) is 13.6. The zero-order chi connectivity index (χ0) is 22.9. The zero-order valence-electron chi connectivity index (χ0n) is 18.0. The van der Waals surface area contributed by atoms with Crippen molar-refractivity contribution < 1.29 is 13.2 Å². The van der Waals surface area contributed by atoms with Crippen molar-refractivity contribution in [2.24, 2.45) is 0 Å². The second-order valence-electron chi connectivity index (χ2n) is 7.51. The smallest absolute Gasteiger partial charge is 0.240 e. The van der Waals surface area contributed by atoms with Crippen molar-refractivity contribution in [1.29, 1.82) is 0 Å². The molecule has 0 aliphatic carbocycles. The molecule has 1 aromatic heterocycles. The molecule has 0 fully saturated rings. The van der Waals surface area contributed by atoms with Crippen LogP contribution >= 0.6 is 0 Å². The first-order valence-corrected chi connectivity index (χ1v) is 11.6. The quantitative estimate of drug-likeness (QED) is 0.526. The van der Waals surface area contributed by atoms with Gasteiger partial charge in [0.2, 0.25) is 21.9 Å². The van der Waals surface area contributed by atoms with Crippen LogP contribution in [0.25, 0.3) is 0 Å². The van der Waals surface area contributed by atoms with Gasteiger partial charge in [0.1, 0.15) is 5.82 Å². The Morgan fingerprint density at radius 1 is 1.03 bits per heavy atom. The summed E-state index contributed by atoms with van der Waals surface area (Å²) >= 11 is 0. The molecule has 0 saturated heterocycles. The number of aryl methyl sites for hydroxylation is 2. The van der Waals surface area contributed by atoms with E-state index in [4.69, 9.17) is 0 Å². The lowest BCUT2D eigenvalue weighted by Crippen LogP contribution is -2.31. The topological polar surface area (TPSA) is 116 Å². The molecule has 0 spiro atoms. The molecule has 0 radical (unpaired) electrons. The molecule has 4 rings (SSSR count). The van der Waals surface area contributed by atoms with Crippen LogP contribution in [0.3, 0.4) is 0 Å². The number of nitrogens with zero attached hydrogens (tertiary/aromatic N) is 3. The van der Waals surface area contributed by atoms with E-state index in [2.05, 4.69) is 25.3 Å². The first-order chi connectivity index (χ1) is 15.3. The maximum atomic E-state index is 12.0. The van der Waals surface area contributed by atoms with Crippen LogP contribution in [0, 0.1) is 6.92 Å². The minimum absolute atomic E-state index is 0.118. The predicted octanol–water partition coefficient (Wildman–Crippen LogP) is 3.09. The fraction of sp³-hybridized carbons (Fsp3) is 0.227. The number of benzene rings is 2. The maximum absolute atomic E-state index is 12.0. The monoisotopic (exact) mass is 452 g/mol. The number of fused-ring (bicyclic) bond motifs is 1. The summed E-state index contributed by atoms with van der Waals surface area (Å²) in [5, 5.41) is 6.37. The van der Waals surface area contributed by atoms with Crippen LogP contribution in [0.4, 0.5) is 28.8 Å². The van der Waals surface area contributed by atoms with Gasteiger partial charge >= 0.3 is 0 Å². The molecule has 1 aliphatic heterocycles. The van der Waals surface area contributed by atoms with Crippen molar-refractivity contribution in [2.45, 2.75) is 24.7 Å². The van der Waals surface area contributed by atoms with Crippen molar-refractivity contribution in [3.8, 4) is 0 Å². The fourth-order valence-electron chi connectivity index (χ4n) is 3.49. The van der Waals surface area contributed by atoms with Crippen molar-refractivity contribution >= 4 is 44.8 Å². The number of carbonyl (C=O) groups is 1. The van der Waals surface area contributed by atoms with Gasteiger partial charge in [-0.15, -0.1) is 0 Å². The summed E-state index contributed by atoms with van der Waals surface area (Å²) in [6, 6.07) is 12.3. The van der Waals surface area contributed by atoms with Crippen molar-refractivity contribution in [2.75, 3.05) is 29.6 Å². The second kappa shape index (κ2) is 8.56. The number of hydrogen-bond donors (Lipinski definition) is 3. The van der Waals surface area contributed by atoms with Gasteiger partial charge in [-0.3, -0.25) is 4.79 Å². The molecule has 3 aromatic rings. The van der Waals surface area contributed by atoms with Gasteiger partial charge in [-0.1, -0.05) is 6.07 Å². The van der Waals surface area contributed by atoms with Gasteiger partial charge in [0.05, 0.1) is 4.90 Å². The Morgan fingerprint density at radius 2 is 1.81 bits per heavy atom. The first kappa shape index (κ1) is 21.7. The lowest BCUT2D eigenvalue weighted by molar-refractivity contribution is -0.118. The van der Waals surface area contributed by atoms with E-state index in [0.29, 0.717) is 30.3 Å². The molecule has 0 atom stereocenters. The Balaban J connectivity index is 1.57. The molecular weight excluding hydrogens is 428 g/mol. The Hall–Kier alpha value is -3.50. The van der Waals surface area contributed by atoms with Crippen LogP contribution < -0.4 is 20.3 Å². The van der Waals surface area contributed by atoms with Gasteiger partial charge in [0.25, 0.3) is 0 Å². The molecule has 10 heteroatoms. The number of aromatic nitrogens is 2. The van der Waals surface area contributed by atoms with E-state index in [1.165, 1.54) is 19.2 Å². The average Bonchev–Trinajstić information content (AvgIpc) is 2.79. The Morgan fingerprint density at radius 3 is 2.59 bits per heavy atom.